The summed E-state index contributed by atoms with van der Waals surface area (Å²) in [5, 5.41) is 9.04. The van der Waals surface area contributed by atoms with Crippen molar-refractivity contribution in [1.82, 2.24) is 4.90 Å². The molecule has 2 fully saturated rings. The number of carboxylic acids is 1. The molecule has 1 aliphatic carbocycles. The van der Waals surface area contributed by atoms with Gasteiger partial charge in [-0.05, 0) is 24.7 Å². The van der Waals surface area contributed by atoms with E-state index in [0.717, 1.165) is 4.90 Å². The van der Waals surface area contributed by atoms with Crippen molar-refractivity contribution in [3.8, 4) is 0 Å². The summed E-state index contributed by atoms with van der Waals surface area (Å²) in [6, 6.07) is 0. The van der Waals surface area contributed by atoms with Crippen molar-refractivity contribution in [3.05, 3.63) is 0 Å². The number of hydrogen-bond acceptors (Lipinski definition) is 2. The maximum atomic E-state index is 12.3. The number of rotatable bonds is 1. The van der Waals surface area contributed by atoms with E-state index in [4.69, 9.17) is 5.11 Å². The van der Waals surface area contributed by atoms with Crippen molar-refractivity contribution in [2.24, 2.45) is 17.8 Å². The van der Waals surface area contributed by atoms with Crippen LogP contribution in [0.2, 0.25) is 0 Å². The van der Waals surface area contributed by atoms with Gasteiger partial charge in [-0.3, -0.25) is 9.59 Å². The highest BCUT2D eigenvalue weighted by atomic mass is 19.4. The van der Waals surface area contributed by atoms with Crippen LogP contribution in [0.3, 0.4) is 0 Å². The van der Waals surface area contributed by atoms with Gasteiger partial charge in [0.1, 0.15) is 0 Å². The minimum Gasteiger partial charge on any atom is -0.481 e. The van der Waals surface area contributed by atoms with Gasteiger partial charge in [0, 0.05) is 13.1 Å². The first-order chi connectivity index (χ1) is 8.30. The summed E-state index contributed by atoms with van der Waals surface area (Å²) in [5.74, 6) is -3.87. The van der Waals surface area contributed by atoms with Gasteiger partial charge in [0.05, 0.1) is 5.92 Å². The first-order valence-electron chi connectivity index (χ1n) is 5.89. The van der Waals surface area contributed by atoms with E-state index in [1.54, 1.807) is 0 Å². The van der Waals surface area contributed by atoms with E-state index in [-0.39, 0.29) is 24.9 Å². The molecule has 3 atom stereocenters. The number of nitrogens with zero attached hydrogens (tertiary/aromatic N) is 1. The van der Waals surface area contributed by atoms with Crippen LogP contribution in [0.15, 0.2) is 0 Å². The highest BCUT2D eigenvalue weighted by molar-refractivity contribution is 5.82. The summed E-state index contributed by atoms with van der Waals surface area (Å²) in [6.45, 7) is -0.0488. The van der Waals surface area contributed by atoms with E-state index < -0.39 is 24.0 Å². The molecule has 1 N–H and O–H groups in total. The molecular formula is C11H14F3NO3. The lowest BCUT2D eigenvalue weighted by molar-refractivity contribution is -0.184. The Morgan fingerprint density at radius 3 is 2.39 bits per heavy atom. The zero-order chi connectivity index (χ0) is 13.5. The molecule has 0 aromatic rings. The summed E-state index contributed by atoms with van der Waals surface area (Å²) in [7, 11) is 0. The maximum absolute atomic E-state index is 12.3. The van der Waals surface area contributed by atoms with Crippen LogP contribution in [0, 0.1) is 17.8 Å². The third kappa shape index (κ3) is 2.30. The predicted molar refractivity (Wildman–Crippen MR) is 54.6 cm³/mol. The average molecular weight is 265 g/mol. The van der Waals surface area contributed by atoms with Crippen LogP contribution in [0.5, 0.6) is 0 Å². The fourth-order valence-corrected chi connectivity index (χ4v) is 3.12. The Hall–Kier alpha value is -1.27. The van der Waals surface area contributed by atoms with Crippen molar-refractivity contribution >= 4 is 11.9 Å². The molecule has 1 saturated carbocycles. The van der Waals surface area contributed by atoms with Crippen LogP contribution >= 0.6 is 0 Å². The quantitative estimate of drug-likeness (QED) is 0.781. The lowest BCUT2D eigenvalue weighted by Crippen LogP contribution is -2.40. The fraction of sp³-hybridized carbons (Fsp3) is 0.818. The van der Waals surface area contributed by atoms with Gasteiger partial charge in [-0.2, -0.15) is 13.2 Å². The number of carboxylic acid groups (broad SMARTS) is 1. The van der Waals surface area contributed by atoms with Gasteiger partial charge in [-0.25, -0.2) is 0 Å². The van der Waals surface area contributed by atoms with Crippen LogP contribution in [-0.2, 0) is 9.59 Å². The zero-order valence-electron chi connectivity index (χ0n) is 9.61. The highest BCUT2D eigenvalue weighted by Crippen LogP contribution is 2.41. The van der Waals surface area contributed by atoms with Gasteiger partial charge >= 0.3 is 18.1 Å². The lowest BCUT2D eigenvalue weighted by Gasteiger charge is -2.29. The van der Waals surface area contributed by atoms with Crippen LogP contribution in [0.4, 0.5) is 13.2 Å². The second kappa shape index (κ2) is 4.44. The third-order valence-electron chi connectivity index (χ3n) is 3.95. The largest absolute Gasteiger partial charge is 0.481 e. The van der Waals surface area contributed by atoms with E-state index in [1.165, 1.54) is 0 Å². The Bertz CT molecular complexity index is 369. The molecule has 1 aliphatic heterocycles. The summed E-state index contributed by atoms with van der Waals surface area (Å²) >= 11 is 0. The second-order valence-corrected chi connectivity index (χ2v) is 5.01. The molecule has 18 heavy (non-hydrogen) atoms. The molecule has 0 aromatic carbocycles. The Balaban J connectivity index is 2.10. The number of carbonyl (C=O) groups is 2. The fourth-order valence-electron chi connectivity index (χ4n) is 3.12. The molecule has 0 aromatic heterocycles. The van der Waals surface area contributed by atoms with Crippen LogP contribution in [0.25, 0.3) is 0 Å². The summed E-state index contributed by atoms with van der Waals surface area (Å²) in [6.07, 6.45) is -2.97. The number of fused-ring (bicyclic) bond motifs is 1. The number of halogens is 3. The smallest absolute Gasteiger partial charge is 0.471 e. The van der Waals surface area contributed by atoms with Crippen molar-refractivity contribution in [3.63, 3.8) is 0 Å². The van der Waals surface area contributed by atoms with E-state index in [2.05, 4.69) is 0 Å². The highest BCUT2D eigenvalue weighted by Gasteiger charge is 2.50. The first-order valence-corrected chi connectivity index (χ1v) is 5.89. The summed E-state index contributed by atoms with van der Waals surface area (Å²) < 4.78 is 37.0. The average Bonchev–Trinajstić information content (AvgIpc) is 2.69. The molecule has 2 aliphatic rings. The predicted octanol–water partition coefficient (Wildman–Crippen LogP) is 1.51. The lowest BCUT2D eigenvalue weighted by atomic mass is 9.74. The van der Waals surface area contributed by atoms with Gasteiger partial charge in [0.15, 0.2) is 0 Å². The number of hydrogen-bond donors (Lipinski definition) is 1. The number of likely N-dealkylation sites (tertiary alicyclic amines) is 1. The van der Waals surface area contributed by atoms with Gasteiger partial charge < -0.3 is 10.0 Å². The molecule has 0 spiro atoms. The van der Waals surface area contributed by atoms with Crippen LogP contribution < -0.4 is 0 Å². The number of aliphatic carboxylic acids is 1. The Morgan fingerprint density at radius 1 is 1.17 bits per heavy atom. The van der Waals surface area contributed by atoms with Gasteiger partial charge in [-0.15, -0.1) is 0 Å². The van der Waals surface area contributed by atoms with E-state index in [9.17, 15) is 22.8 Å². The van der Waals surface area contributed by atoms with E-state index >= 15 is 0 Å². The van der Waals surface area contributed by atoms with Gasteiger partial charge in [0.2, 0.25) is 0 Å². The van der Waals surface area contributed by atoms with Crippen molar-refractivity contribution in [1.29, 1.82) is 0 Å². The maximum Gasteiger partial charge on any atom is 0.471 e. The molecule has 102 valence electrons. The van der Waals surface area contributed by atoms with Crippen LogP contribution in [-0.4, -0.2) is 41.1 Å². The number of amides is 1. The Morgan fingerprint density at radius 2 is 1.83 bits per heavy atom. The number of alkyl halides is 3. The van der Waals surface area contributed by atoms with Gasteiger partial charge in [-0.1, -0.05) is 6.42 Å². The molecule has 1 amide bonds. The molecule has 7 heteroatoms. The van der Waals surface area contributed by atoms with Crippen molar-refractivity contribution < 1.29 is 27.9 Å². The number of carbonyl (C=O) groups excluding carboxylic acids is 1. The summed E-state index contributed by atoms with van der Waals surface area (Å²) in [5.41, 5.74) is 0. The standard InChI is InChI=1S/C11H14F3NO3/c12-11(13,14)10(18)15-4-6-2-1-3-7(9(16)17)8(6)5-15/h6-8H,1-5H2,(H,16,17). The van der Waals surface area contributed by atoms with Crippen molar-refractivity contribution in [2.75, 3.05) is 13.1 Å². The second-order valence-electron chi connectivity index (χ2n) is 5.01. The minimum absolute atomic E-state index is 0.0345. The molecule has 3 unspecified atom stereocenters. The summed E-state index contributed by atoms with van der Waals surface area (Å²) in [4.78, 5) is 22.9. The van der Waals surface area contributed by atoms with E-state index in [0.29, 0.717) is 19.3 Å². The topological polar surface area (TPSA) is 57.6 Å². The van der Waals surface area contributed by atoms with Crippen LogP contribution in [0.1, 0.15) is 19.3 Å². The first kappa shape index (κ1) is 13.2. The minimum atomic E-state index is -4.87. The molecule has 0 radical (unpaired) electrons. The SMILES string of the molecule is O=C(O)C1CCCC2CN(C(=O)C(F)(F)F)CC21. The Kier molecular flexibility index (Phi) is 3.25. The molecule has 0 bridgehead atoms. The molecule has 1 heterocycles. The molecule has 4 nitrogen and oxygen atoms in total. The third-order valence-corrected chi connectivity index (χ3v) is 3.95. The monoisotopic (exact) mass is 265 g/mol. The zero-order valence-corrected chi connectivity index (χ0v) is 9.61. The van der Waals surface area contributed by atoms with E-state index in [1.807, 2.05) is 0 Å². The van der Waals surface area contributed by atoms with Gasteiger partial charge in [0.25, 0.3) is 0 Å². The molecular weight excluding hydrogens is 251 g/mol. The normalized spacial score (nSPS) is 32.2. The molecule has 2 rings (SSSR count). The Labute approximate surface area is 102 Å². The molecule has 1 saturated heterocycles. The van der Waals surface area contributed by atoms with Crippen molar-refractivity contribution in [2.45, 2.75) is 25.4 Å².